The van der Waals surface area contributed by atoms with E-state index in [0.29, 0.717) is 17.9 Å². The molecule has 1 aromatic heterocycles. The Bertz CT molecular complexity index is 971. The third kappa shape index (κ3) is 4.04. The molecular formula is C23H30N6O. The summed E-state index contributed by atoms with van der Waals surface area (Å²) in [6.45, 7) is 4.10. The molecule has 7 nitrogen and oxygen atoms in total. The second-order valence-electron chi connectivity index (χ2n) is 8.68. The normalized spacial score (nSPS) is 25.4. The SMILES string of the molecule is NCC1CC(N=CC(=C(N)C2CC2)c2cnc3cc(N4CCOCC4)ccc3n2)C1. The van der Waals surface area contributed by atoms with Gasteiger partial charge in [0.1, 0.15) is 0 Å². The molecule has 2 aromatic rings. The lowest BCUT2D eigenvalue weighted by molar-refractivity contribution is 0.122. The summed E-state index contributed by atoms with van der Waals surface area (Å²) in [6.07, 6.45) is 8.20. The van der Waals surface area contributed by atoms with Gasteiger partial charge in [-0.05, 0) is 62.3 Å². The summed E-state index contributed by atoms with van der Waals surface area (Å²) in [6, 6.07) is 6.64. The maximum absolute atomic E-state index is 6.50. The largest absolute Gasteiger partial charge is 0.401 e. The molecule has 3 aliphatic rings. The molecule has 1 aromatic carbocycles. The van der Waals surface area contributed by atoms with E-state index < -0.39 is 0 Å². The molecule has 2 heterocycles. The van der Waals surface area contributed by atoms with E-state index in [2.05, 4.69) is 23.1 Å². The van der Waals surface area contributed by atoms with Crippen LogP contribution in [0, 0.1) is 11.8 Å². The smallest absolute Gasteiger partial charge is 0.0925 e. The molecule has 158 valence electrons. The zero-order valence-corrected chi connectivity index (χ0v) is 17.3. The van der Waals surface area contributed by atoms with Gasteiger partial charge in [-0.1, -0.05) is 0 Å². The van der Waals surface area contributed by atoms with Gasteiger partial charge in [-0.2, -0.15) is 0 Å². The summed E-state index contributed by atoms with van der Waals surface area (Å²) in [7, 11) is 0. The van der Waals surface area contributed by atoms with Crippen molar-refractivity contribution in [1.82, 2.24) is 9.97 Å². The van der Waals surface area contributed by atoms with Crippen molar-refractivity contribution in [3.8, 4) is 0 Å². The number of rotatable bonds is 6. The second kappa shape index (κ2) is 8.32. The van der Waals surface area contributed by atoms with Crippen LogP contribution in [0.15, 0.2) is 35.1 Å². The molecule has 0 radical (unpaired) electrons. The van der Waals surface area contributed by atoms with Gasteiger partial charge in [-0.15, -0.1) is 0 Å². The van der Waals surface area contributed by atoms with Gasteiger partial charge in [0.05, 0.1) is 42.2 Å². The second-order valence-corrected chi connectivity index (χ2v) is 8.68. The molecule has 0 spiro atoms. The maximum Gasteiger partial charge on any atom is 0.0925 e. The van der Waals surface area contributed by atoms with Crippen molar-refractivity contribution < 1.29 is 4.74 Å². The Balaban J connectivity index is 1.41. The Hall–Kier alpha value is -2.51. The van der Waals surface area contributed by atoms with Crippen molar-refractivity contribution in [1.29, 1.82) is 0 Å². The summed E-state index contributed by atoms with van der Waals surface area (Å²) in [4.78, 5) is 16.7. The van der Waals surface area contributed by atoms with Crippen LogP contribution in [-0.2, 0) is 4.74 Å². The Labute approximate surface area is 177 Å². The first-order valence-corrected chi connectivity index (χ1v) is 11.0. The van der Waals surface area contributed by atoms with E-state index in [1.54, 1.807) is 0 Å². The molecule has 30 heavy (non-hydrogen) atoms. The summed E-state index contributed by atoms with van der Waals surface area (Å²) in [5.41, 5.74) is 17.8. The Morgan fingerprint density at radius 3 is 2.73 bits per heavy atom. The molecule has 1 aliphatic heterocycles. The van der Waals surface area contributed by atoms with Crippen LogP contribution in [0.4, 0.5) is 5.69 Å². The lowest BCUT2D eigenvalue weighted by Gasteiger charge is -2.31. The molecule has 7 heteroatoms. The number of aromatic nitrogens is 2. The van der Waals surface area contributed by atoms with E-state index in [1.165, 1.54) is 5.69 Å². The number of allylic oxidation sites excluding steroid dienone is 2. The van der Waals surface area contributed by atoms with Gasteiger partial charge in [0.25, 0.3) is 0 Å². The van der Waals surface area contributed by atoms with Gasteiger partial charge >= 0.3 is 0 Å². The molecule has 2 saturated carbocycles. The fourth-order valence-electron chi connectivity index (χ4n) is 4.24. The highest BCUT2D eigenvalue weighted by Crippen LogP contribution is 2.37. The number of anilines is 1. The number of aliphatic imine (C=N–C) groups is 1. The topological polar surface area (TPSA) is 103 Å². The van der Waals surface area contributed by atoms with E-state index in [9.17, 15) is 0 Å². The lowest BCUT2D eigenvalue weighted by atomic mass is 9.81. The van der Waals surface area contributed by atoms with Crippen molar-refractivity contribution in [3.63, 3.8) is 0 Å². The number of nitrogens with zero attached hydrogens (tertiary/aromatic N) is 4. The van der Waals surface area contributed by atoms with Gasteiger partial charge in [-0.25, -0.2) is 4.98 Å². The van der Waals surface area contributed by atoms with E-state index >= 15 is 0 Å². The third-order valence-electron chi connectivity index (χ3n) is 6.46. The molecular weight excluding hydrogens is 376 g/mol. The quantitative estimate of drug-likeness (QED) is 0.714. The summed E-state index contributed by atoms with van der Waals surface area (Å²) in [5.74, 6) is 1.06. The van der Waals surface area contributed by atoms with Crippen molar-refractivity contribution in [2.24, 2.45) is 28.3 Å². The minimum absolute atomic E-state index is 0.352. The van der Waals surface area contributed by atoms with Crippen LogP contribution in [-0.4, -0.2) is 55.1 Å². The van der Waals surface area contributed by atoms with Crippen molar-refractivity contribution in [2.45, 2.75) is 31.7 Å². The number of hydrogen-bond acceptors (Lipinski definition) is 7. The first kappa shape index (κ1) is 19.5. The highest BCUT2D eigenvalue weighted by molar-refractivity contribution is 6.10. The molecule has 3 fully saturated rings. The van der Waals surface area contributed by atoms with Gasteiger partial charge in [-0.3, -0.25) is 9.98 Å². The molecule has 4 N–H and O–H groups in total. The number of nitrogens with two attached hydrogens (primary N) is 2. The average Bonchev–Trinajstić information content (AvgIpc) is 3.60. The minimum Gasteiger partial charge on any atom is -0.401 e. The van der Waals surface area contributed by atoms with Crippen molar-refractivity contribution >= 4 is 28.5 Å². The number of morpholine rings is 1. The van der Waals surface area contributed by atoms with Crippen LogP contribution >= 0.6 is 0 Å². The zero-order valence-electron chi connectivity index (χ0n) is 17.3. The van der Waals surface area contributed by atoms with Crippen LogP contribution in [0.2, 0.25) is 0 Å². The van der Waals surface area contributed by atoms with Crippen LogP contribution in [0.3, 0.4) is 0 Å². The number of ether oxygens (including phenoxy) is 1. The Morgan fingerprint density at radius 1 is 1.20 bits per heavy atom. The van der Waals surface area contributed by atoms with Gasteiger partial charge < -0.3 is 21.1 Å². The predicted molar refractivity (Wildman–Crippen MR) is 120 cm³/mol. The first-order chi connectivity index (χ1) is 14.7. The molecule has 0 unspecified atom stereocenters. The average molecular weight is 407 g/mol. The summed E-state index contributed by atoms with van der Waals surface area (Å²) >= 11 is 0. The van der Waals surface area contributed by atoms with E-state index in [0.717, 1.165) is 86.5 Å². The number of hydrogen-bond donors (Lipinski definition) is 2. The predicted octanol–water partition coefficient (Wildman–Crippen LogP) is 2.35. The van der Waals surface area contributed by atoms with E-state index in [1.807, 2.05) is 12.4 Å². The van der Waals surface area contributed by atoms with Gasteiger partial charge in [0.15, 0.2) is 0 Å². The van der Waals surface area contributed by atoms with Crippen molar-refractivity contribution in [3.05, 3.63) is 35.8 Å². The van der Waals surface area contributed by atoms with Crippen molar-refractivity contribution in [2.75, 3.05) is 37.7 Å². The monoisotopic (exact) mass is 406 g/mol. The van der Waals surface area contributed by atoms with E-state index in [-0.39, 0.29) is 0 Å². The zero-order chi connectivity index (χ0) is 20.5. The summed E-state index contributed by atoms with van der Waals surface area (Å²) in [5, 5.41) is 0. The van der Waals surface area contributed by atoms with Crippen LogP contribution in [0.5, 0.6) is 0 Å². The fourth-order valence-corrected chi connectivity index (χ4v) is 4.24. The van der Waals surface area contributed by atoms with Crippen LogP contribution in [0.25, 0.3) is 16.6 Å². The Morgan fingerprint density at radius 2 is 2.00 bits per heavy atom. The molecule has 0 bridgehead atoms. The number of fused-ring (bicyclic) bond motifs is 1. The molecule has 0 atom stereocenters. The van der Waals surface area contributed by atoms with Crippen LogP contribution < -0.4 is 16.4 Å². The van der Waals surface area contributed by atoms with Gasteiger partial charge in [0, 0.05) is 36.3 Å². The third-order valence-corrected chi connectivity index (χ3v) is 6.46. The Kier molecular flexibility index (Phi) is 5.39. The maximum atomic E-state index is 6.50. The molecule has 5 rings (SSSR count). The standard InChI is InChI=1S/C23H30N6O/c24-12-15-9-17(10-15)26-13-19(23(25)16-1-2-16)22-14-27-21-11-18(3-4-20(21)28-22)29-5-7-30-8-6-29/h3-4,11,13-17H,1-2,5-10,12,24-25H2. The lowest BCUT2D eigenvalue weighted by Crippen LogP contribution is -2.36. The molecule has 0 amide bonds. The van der Waals surface area contributed by atoms with Crippen LogP contribution in [0.1, 0.15) is 31.4 Å². The highest BCUT2D eigenvalue weighted by Gasteiger charge is 2.29. The molecule has 2 aliphatic carbocycles. The van der Waals surface area contributed by atoms with E-state index in [4.69, 9.17) is 31.2 Å². The first-order valence-electron chi connectivity index (χ1n) is 11.0. The molecule has 1 saturated heterocycles. The number of benzene rings is 1. The fraction of sp³-hybridized carbons (Fsp3) is 0.522. The highest BCUT2D eigenvalue weighted by atomic mass is 16.5. The minimum atomic E-state index is 0.352. The summed E-state index contributed by atoms with van der Waals surface area (Å²) < 4.78 is 5.46. The van der Waals surface area contributed by atoms with Gasteiger partial charge in [0.2, 0.25) is 0 Å².